The Labute approximate surface area is 109 Å². The maximum atomic E-state index is 5.98. The van der Waals surface area contributed by atoms with E-state index in [-0.39, 0.29) is 0 Å². The molecule has 0 bridgehead atoms. The molecule has 1 heterocycles. The Bertz CT molecular complexity index is 564. The minimum atomic E-state index is 0.594. The quantitative estimate of drug-likeness (QED) is 0.923. The molecule has 2 aromatic rings. The third-order valence-electron chi connectivity index (χ3n) is 3.43. The highest BCUT2D eigenvalue weighted by Gasteiger charge is 2.19. The minimum Gasteiger partial charge on any atom is -0.383 e. The lowest BCUT2D eigenvalue weighted by Crippen LogP contribution is -2.16. The van der Waals surface area contributed by atoms with E-state index in [0.29, 0.717) is 5.82 Å². The van der Waals surface area contributed by atoms with Gasteiger partial charge in [0.25, 0.3) is 0 Å². The van der Waals surface area contributed by atoms with Crippen molar-refractivity contribution in [3.05, 3.63) is 28.5 Å². The molecule has 2 N–H and O–H groups in total. The van der Waals surface area contributed by atoms with Gasteiger partial charge in [-0.15, -0.1) is 0 Å². The van der Waals surface area contributed by atoms with Crippen molar-refractivity contribution in [2.75, 3.05) is 5.73 Å². The van der Waals surface area contributed by atoms with Gasteiger partial charge < -0.3 is 5.73 Å². The number of nitrogen functional groups attached to an aromatic ring is 1. The van der Waals surface area contributed by atoms with Gasteiger partial charge in [-0.3, -0.25) is 0 Å². The predicted molar refractivity (Wildman–Crippen MR) is 72.7 cm³/mol. The summed E-state index contributed by atoms with van der Waals surface area (Å²) in [6.07, 6.45) is 4.92. The van der Waals surface area contributed by atoms with Gasteiger partial charge in [0, 0.05) is 16.3 Å². The maximum absolute atomic E-state index is 5.98. The van der Waals surface area contributed by atoms with E-state index in [1.807, 2.05) is 18.2 Å². The number of anilines is 1. The Morgan fingerprint density at radius 1 is 1.29 bits per heavy atom. The maximum Gasteiger partial charge on any atom is 0.135 e. The summed E-state index contributed by atoms with van der Waals surface area (Å²) in [7, 11) is 0. The van der Waals surface area contributed by atoms with Crippen LogP contribution in [0.15, 0.2) is 22.7 Å². The van der Waals surface area contributed by atoms with Crippen LogP contribution in [0, 0.1) is 5.92 Å². The van der Waals surface area contributed by atoms with Gasteiger partial charge in [0.2, 0.25) is 0 Å². The van der Waals surface area contributed by atoms with Gasteiger partial charge in [0.05, 0.1) is 5.52 Å². The summed E-state index contributed by atoms with van der Waals surface area (Å²) in [6, 6.07) is 5.92. The van der Waals surface area contributed by atoms with E-state index in [0.717, 1.165) is 33.5 Å². The predicted octanol–water partition coefficient (Wildman–Crippen LogP) is 3.32. The molecule has 0 radical (unpaired) electrons. The van der Waals surface area contributed by atoms with Gasteiger partial charge in [-0.1, -0.05) is 35.2 Å². The molecule has 1 aliphatic carbocycles. The van der Waals surface area contributed by atoms with E-state index < -0.39 is 0 Å². The topological polar surface area (TPSA) is 51.8 Å². The average Bonchev–Trinajstić information content (AvgIpc) is 2.23. The van der Waals surface area contributed by atoms with Gasteiger partial charge in [-0.05, 0) is 24.1 Å². The minimum absolute atomic E-state index is 0.594. The van der Waals surface area contributed by atoms with Crippen LogP contribution in [0.5, 0.6) is 0 Å². The van der Waals surface area contributed by atoms with Crippen LogP contribution in [0.4, 0.5) is 5.82 Å². The van der Waals surface area contributed by atoms with Crippen LogP contribution >= 0.6 is 15.9 Å². The molecule has 0 spiro atoms. The average molecular weight is 292 g/mol. The summed E-state index contributed by atoms with van der Waals surface area (Å²) >= 11 is 3.46. The first kappa shape index (κ1) is 11.0. The number of hydrogen-bond acceptors (Lipinski definition) is 3. The Morgan fingerprint density at radius 2 is 2.12 bits per heavy atom. The molecule has 3 rings (SSSR count). The molecule has 1 fully saturated rings. The summed E-state index contributed by atoms with van der Waals surface area (Å²) in [5.41, 5.74) is 6.91. The van der Waals surface area contributed by atoms with E-state index in [1.165, 1.54) is 19.3 Å². The SMILES string of the molecule is Nc1nc(CC2CCC2)nc2cc(Br)ccc12. The lowest BCUT2D eigenvalue weighted by Gasteiger charge is -2.24. The second-order valence-electron chi connectivity index (χ2n) is 4.69. The number of nitrogens with zero attached hydrogens (tertiary/aromatic N) is 2. The molecule has 0 atom stereocenters. The molecule has 1 saturated carbocycles. The standard InChI is InChI=1S/C13H14BrN3/c14-9-4-5-10-11(7-9)16-12(17-13(10)15)6-8-2-1-3-8/h4-5,7-8H,1-3,6H2,(H2,15,16,17). The summed E-state index contributed by atoms with van der Waals surface area (Å²) in [4.78, 5) is 9.00. The Hall–Kier alpha value is -1.16. The van der Waals surface area contributed by atoms with Crippen LogP contribution in [0.3, 0.4) is 0 Å². The Balaban J connectivity index is 2.02. The lowest BCUT2D eigenvalue weighted by atomic mass is 9.83. The van der Waals surface area contributed by atoms with E-state index in [4.69, 9.17) is 5.73 Å². The first-order valence-electron chi connectivity index (χ1n) is 5.94. The highest BCUT2D eigenvalue weighted by atomic mass is 79.9. The number of hydrogen-bond donors (Lipinski definition) is 1. The van der Waals surface area contributed by atoms with E-state index >= 15 is 0 Å². The number of rotatable bonds is 2. The molecule has 0 unspecified atom stereocenters. The number of benzene rings is 1. The third kappa shape index (κ3) is 2.14. The van der Waals surface area contributed by atoms with Crippen LogP contribution in [-0.4, -0.2) is 9.97 Å². The van der Waals surface area contributed by atoms with E-state index in [2.05, 4.69) is 25.9 Å². The normalized spacial score (nSPS) is 16.1. The fourth-order valence-corrected chi connectivity index (χ4v) is 2.57. The second kappa shape index (κ2) is 4.26. The molecule has 88 valence electrons. The van der Waals surface area contributed by atoms with Crippen LogP contribution < -0.4 is 5.73 Å². The molecule has 1 aromatic carbocycles. The van der Waals surface area contributed by atoms with Gasteiger partial charge in [-0.2, -0.15) is 0 Å². The number of nitrogens with two attached hydrogens (primary N) is 1. The largest absolute Gasteiger partial charge is 0.383 e. The molecule has 0 saturated heterocycles. The number of aromatic nitrogens is 2. The van der Waals surface area contributed by atoms with Crippen molar-refractivity contribution in [3.63, 3.8) is 0 Å². The molecule has 4 heteroatoms. The fourth-order valence-electron chi connectivity index (χ4n) is 2.22. The van der Waals surface area contributed by atoms with Gasteiger partial charge in [-0.25, -0.2) is 9.97 Å². The van der Waals surface area contributed by atoms with Crippen LogP contribution in [0.2, 0.25) is 0 Å². The van der Waals surface area contributed by atoms with Crippen molar-refractivity contribution < 1.29 is 0 Å². The number of fused-ring (bicyclic) bond motifs is 1. The molecule has 3 nitrogen and oxygen atoms in total. The zero-order valence-electron chi connectivity index (χ0n) is 9.49. The van der Waals surface area contributed by atoms with Crippen LogP contribution in [0.25, 0.3) is 10.9 Å². The molecule has 1 aromatic heterocycles. The van der Waals surface area contributed by atoms with Crippen molar-refractivity contribution in [1.82, 2.24) is 9.97 Å². The molecule has 1 aliphatic rings. The summed E-state index contributed by atoms with van der Waals surface area (Å²) in [5.74, 6) is 2.24. The van der Waals surface area contributed by atoms with Crippen LogP contribution in [-0.2, 0) is 6.42 Å². The smallest absolute Gasteiger partial charge is 0.135 e. The lowest BCUT2D eigenvalue weighted by molar-refractivity contribution is 0.309. The Morgan fingerprint density at radius 3 is 2.82 bits per heavy atom. The summed E-state index contributed by atoms with van der Waals surface area (Å²) in [6.45, 7) is 0. The van der Waals surface area contributed by atoms with Crippen molar-refractivity contribution in [2.45, 2.75) is 25.7 Å². The molecule has 0 aliphatic heterocycles. The molecule has 0 amide bonds. The zero-order chi connectivity index (χ0) is 11.8. The molecule has 17 heavy (non-hydrogen) atoms. The van der Waals surface area contributed by atoms with Crippen molar-refractivity contribution in [3.8, 4) is 0 Å². The number of halogens is 1. The summed E-state index contributed by atoms with van der Waals surface area (Å²) in [5, 5.41) is 0.936. The van der Waals surface area contributed by atoms with Gasteiger partial charge >= 0.3 is 0 Å². The van der Waals surface area contributed by atoms with E-state index in [1.54, 1.807) is 0 Å². The van der Waals surface area contributed by atoms with Crippen molar-refractivity contribution >= 4 is 32.7 Å². The van der Waals surface area contributed by atoms with Crippen molar-refractivity contribution in [1.29, 1.82) is 0 Å². The van der Waals surface area contributed by atoms with Crippen LogP contribution in [0.1, 0.15) is 25.1 Å². The fraction of sp³-hybridized carbons (Fsp3) is 0.385. The molecular weight excluding hydrogens is 278 g/mol. The van der Waals surface area contributed by atoms with Crippen molar-refractivity contribution in [2.24, 2.45) is 5.92 Å². The molecular formula is C13H14BrN3. The summed E-state index contributed by atoms with van der Waals surface area (Å²) < 4.78 is 1.03. The third-order valence-corrected chi connectivity index (χ3v) is 3.92. The highest BCUT2D eigenvalue weighted by molar-refractivity contribution is 9.10. The monoisotopic (exact) mass is 291 g/mol. The van der Waals surface area contributed by atoms with E-state index in [9.17, 15) is 0 Å². The zero-order valence-corrected chi connectivity index (χ0v) is 11.1. The van der Waals surface area contributed by atoms with Gasteiger partial charge in [0.1, 0.15) is 11.6 Å². The second-order valence-corrected chi connectivity index (χ2v) is 5.60. The first-order valence-corrected chi connectivity index (χ1v) is 6.73. The Kier molecular flexibility index (Phi) is 2.74. The highest BCUT2D eigenvalue weighted by Crippen LogP contribution is 2.30. The van der Waals surface area contributed by atoms with Gasteiger partial charge in [0.15, 0.2) is 0 Å². The first-order chi connectivity index (χ1) is 8.22.